The monoisotopic (exact) mass is 229 g/mol. The highest BCUT2D eigenvalue weighted by Gasteiger charge is 2.06. The Morgan fingerprint density at radius 3 is 2.65 bits per heavy atom. The van der Waals surface area contributed by atoms with Crippen LogP contribution in [0.5, 0.6) is 0 Å². The van der Waals surface area contributed by atoms with E-state index in [2.05, 4.69) is 20.7 Å². The maximum atomic E-state index is 5.31. The molecule has 1 atom stereocenters. The molecule has 88 valence electrons. The van der Waals surface area contributed by atoms with E-state index in [0.29, 0.717) is 5.82 Å². The Balaban J connectivity index is 2.10. The maximum absolute atomic E-state index is 5.31. The van der Waals surface area contributed by atoms with E-state index in [1.165, 1.54) is 0 Å². The molecular formula is C12H15N5. The third-order valence-corrected chi connectivity index (χ3v) is 2.39. The summed E-state index contributed by atoms with van der Waals surface area (Å²) < 4.78 is 0. The van der Waals surface area contributed by atoms with Crippen LogP contribution in [0.25, 0.3) is 0 Å². The molecule has 5 heteroatoms. The molecule has 1 unspecified atom stereocenters. The second-order valence-electron chi connectivity index (χ2n) is 3.67. The normalized spacial score (nSPS) is 11.9. The number of anilines is 2. The van der Waals surface area contributed by atoms with Gasteiger partial charge in [0.05, 0.1) is 11.7 Å². The summed E-state index contributed by atoms with van der Waals surface area (Å²) in [6.07, 6.45) is 1.78. The highest BCUT2D eigenvalue weighted by atomic mass is 15.3. The SMILES string of the molecule is CC(Nc1cccc(NN)n1)c1ccccn1. The molecule has 0 aliphatic rings. The molecular weight excluding hydrogens is 214 g/mol. The molecule has 2 aromatic heterocycles. The quantitative estimate of drug-likeness (QED) is 0.551. The van der Waals surface area contributed by atoms with Crippen molar-refractivity contribution in [2.24, 2.45) is 5.84 Å². The standard InChI is InChI=1S/C12H15N5/c1-9(10-5-2-3-8-14-10)15-11-6-4-7-12(16-11)17-13/h2-9H,13H2,1H3,(H2,15,16,17). The fourth-order valence-electron chi connectivity index (χ4n) is 1.52. The zero-order chi connectivity index (χ0) is 12.1. The number of pyridine rings is 2. The topological polar surface area (TPSA) is 75.9 Å². The van der Waals surface area contributed by atoms with E-state index in [-0.39, 0.29) is 6.04 Å². The van der Waals surface area contributed by atoms with Gasteiger partial charge in [0.25, 0.3) is 0 Å². The number of hydrogen-bond acceptors (Lipinski definition) is 5. The summed E-state index contributed by atoms with van der Waals surface area (Å²) in [6, 6.07) is 11.5. The number of nitrogen functional groups attached to an aromatic ring is 1. The van der Waals surface area contributed by atoms with Gasteiger partial charge in [0, 0.05) is 6.20 Å². The second-order valence-corrected chi connectivity index (χ2v) is 3.67. The van der Waals surface area contributed by atoms with Crippen LogP contribution >= 0.6 is 0 Å². The summed E-state index contributed by atoms with van der Waals surface area (Å²) in [5.74, 6) is 6.70. The lowest BCUT2D eigenvalue weighted by molar-refractivity contribution is 0.832. The van der Waals surface area contributed by atoms with Gasteiger partial charge >= 0.3 is 0 Å². The third-order valence-electron chi connectivity index (χ3n) is 2.39. The first-order chi connectivity index (χ1) is 8.29. The maximum Gasteiger partial charge on any atom is 0.142 e. The van der Waals surface area contributed by atoms with E-state index in [1.807, 2.05) is 37.3 Å². The molecule has 0 radical (unpaired) electrons. The Hall–Kier alpha value is -2.14. The van der Waals surface area contributed by atoms with Gasteiger partial charge in [0.15, 0.2) is 0 Å². The molecule has 0 aliphatic carbocycles. The number of nitrogens with one attached hydrogen (secondary N) is 2. The highest BCUT2D eigenvalue weighted by molar-refractivity contribution is 5.45. The summed E-state index contributed by atoms with van der Waals surface area (Å²) in [6.45, 7) is 2.03. The van der Waals surface area contributed by atoms with Gasteiger partial charge in [0.1, 0.15) is 11.6 Å². The van der Waals surface area contributed by atoms with Gasteiger partial charge in [-0.1, -0.05) is 12.1 Å². The van der Waals surface area contributed by atoms with Crippen LogP contribution in [-0.2, 0) is 0 Å². The van der Waals surface area contributed by atoms with Gasteiger partial charge in [-0.2, -0.15) is 0 Å². The zero-order valence-corrected chi connectivity index (χ0v) is 9.59. The summed E-state index contributed by atoms with van der Waals surface area (Å²) in [5, 5.41) is 3.26. The first kappa shape index (κ1) is 11.3. The van der Waals surface area contributed by atoms with E-state index in [9.17, 15) is 0 Å². The number of nitrogens with two attached hydrogens (primary N) is 1. The second kappa shape index (κ2) is 5.27. The lowest BCUT2D eigenvalue weighted by Crippen LogP contribution is -2.12. The lowest BCUT2D eigenvalue weighted by Gasteiger charge is -2.14. The van der Waals surface area contributed by atoms with Crippen LogP contribution < -0.4 is 16.6 Å². The average Bonchev–Trinajstić information content (AvgIpc) is 2.40. The lowest BCUT2D eigenvalue weighted by atomic mass is 10.2. The summed E-state index contributed by atoms with van der Waals surface area (Å²) >= 11 is 0. The smallest absolute Gasteiger partial charge is 0.142 e. The molecule has 2 rings (SSSR count). The molecule has 4 N–H and O–H groups in total. The molecule has 0 amide bonds. The minimum Gasteiger partial charge on any atom is -0.362 e. The Morgan fingerprint density at radius 2 is 1.94 bits per heavy atom. The molecule has 5 nitrogen and oxygen atoms in total. The predicted molar refractivity (Wildman–Crippen MR) is 68.3 cm³/mol. The van der Waals surface area contributed by atoms with Crippen molar-refractivity contribution in [3.63, 3.8) is 0 Å². The summed E-state index contributed by atoms with van der Waals surface area (Å²) in [4.78, 5) is 8.57. The van der Waals surface area contributed by atoms with Crippen molar-refractivity contribution in [3.05, 3.63) is 48.3 Å². The molecule has 0 fully saturated rings. The number of aromatic nitrogens is 2. The average molecular weight is 229 g/mol. The van der Waals surface area contributed by atoms with Gasteiger partial charge in [0.2, 0.25) is 0 Å². The van der Waals surface area contributed by atoms with Crippen molar-refractivity contribution >= 4 is 11.6 Å². The Morgan fingerprint density at radius 1 is 1.12 bits per heavy atom. The van der Waals surface area contributed by atoms with Crippen molar-refractivity contribution in [1.29, 1.82) is 0 Å². The Kier molecular flexibility index (Phi) is 3.52. The molecule has 0 spiro atoms. The molecule has 0 aliphatic heterocycles. The van der Waals surface area contributed by atoms with Gasteiger partial charge in [-0.3, -0.25) is 4.98 Å². The molecule has 0 bridgehead atoms. The fourth-order valence-corrected chi connectivity index (χ4v) is 1.52. The first-order valence-corrected chi connectivity index (χ1v) is 5.41. The van der Waals surface area contributed by atoms with Crippen LogP contribution in [0.15, 0.2) is 42.6 Å². The minimum atomic E-state index is 0.0942. The molecule has 0 aromatic carbocycles. The van der Waals surface area contributed by atoms with Crippen molar-refractivity contribution in [3.8, 4) is 0 Å². The molecule has 17 heavy (non-hydrogen) atoms. The van der Waals surface area contributed by atoms with E-state index in [0.717, 1.165) is 11.5 Å². The highest BCUT2D eigenvalue weighted by Crippen LogP contribution is 2.16. The van der Waals surface area contributed by atoms with Crippen LogP contribution in [0, 0.1) is 0 Å². The summed E-state index contributed by atoms with van der Waals surface area (Å²) in [7, 11) is 0. The minimum absolute atomic E-state index is 0.0942. The van der Waals surface area contributed by atoms with Crippen molar-refractivity contribution in [2.45, 2.75) is 13.0 Å². The van der Waals surface area contributed by atoms with Gasteiger partial charge in [-0.05, 0) is 31.2 Å². The van der Waals surface area contributed by atoms with Crippen LogP contribution in [0.2, 0.25) is 0 Å². The van der Waals surface area contributed by atoms with Gasteiger partial charge in [-0.15, -0.1) is 0 Å². The van der Waals surface area contributed by atoms with Crippen LogP contribution in [-0.4, -0.2) is 9.97 Å². The largest absolute Gasteiger partial charge is 0.362 e. The number of hydrazine groups is 1. The van der Waals surface area contributed by atoms with Crippen LogP contribution in [0.3, 0.4) is 0 Å². The molecule has 0 saturated heterocycles. The predicted octanol–water partition coefficient (Wildman–Crippen LogP) is 1.94. The number of hydrogen-bond donors (Lipinski definition) is 3. The number of rotatable bonds is 4. The van der Waals surface area contributed by atoms with Crippen molar-refractivity contribution < 1.29 is 0 Å². The Labute approximate surface area is 100 Å². The van der Waals surface area contributed by atoms with Crippen LogP contribution in [0.4, 0.5) is 11.6 Å². The van der Waals surface area contributed by atoms with Gasteiger partial charge < -0.3 is 10.7 Å². The number of nitrogens with zero attached hydrogens (tertiary/aromatic N) is 2. The molecule has 2 heterocycles. The van der Waals surface area contributed by atoms with E-state index in [1.54, 1.807) is 12.3 Å². The van der Waals surface area contributed by atoms with Crippen molar-refractivity contribution in [2.75, 3.05) is 10.7 Å². The van der Waals surface area contributed by atoms with E-state index >= 15 is 0 Å². The molecule has 0 saturated carbocycles. The summed E-state index contributed by atoms with van der Waals surface area (Å²) in [5.41, 5.74) is 3.49. The van der Waals surface area contributed by atoms with Crippen LogP contribution in [0.1, 0.15) is 18.7 Å². The van der Waals surface area contributed by atoms with Crippen molar-refractivity contribution in [1.82, 2.24) is 9.97 Å². The molecule has 2 aromatic rings. The van der Waals surface area contributed by atoms with E-state index < -0.39 is 0 Å². The Bertz CT molecular complexity index is 471. The fraction of sp³-hybridized carbons (Fsp3) is 0.167. The van der Waals surface area contributed by atoms with Gasteiger partial charge in [-0.25, -0.2) is 10.8 Å². The zero-order valence-electron chi connectivity index (χ0n) is 9.59. The third kappa shape index (κ3) is 2.92. The van der Waals surface area contributed by atoms with E-state index in [4.69, 9.17) is 5.84 Å². The first-order valence-electron chi connectivity index (χ1n) is 5.41.